The Morgan fingerprint density at radius 2 is 1.67 bits per heavy atom. The van der Waals surface area contributed by atoms with Gasteiger partial charge < -0.3 is 29.5 Å². The van der Waals surface area contributed by atoms with E-state index < -0.39 is 68.9 Å². The summed E-state index contributed by atoms with van der Waals surface area (Å²) in [4.78, 5) is 45.7. The van der Waals surface area contributed by atoms with Crippen LogP contribution in [0, 0.1) is 5.41 Å². The zero-order valence-corrected chi connectivity index (χ0v) is 30.7. The van der Waals surface area contributed by atoms with Crippen LogP contribution in [0.4, 0.5) is 26.3 Å². The highest BCUT2D eigenvalue weighted by atomic mass is 32.1. The number of hydrogen-bond donors (Lipinski definition) is 2. The molecule has 1 saturated carbocycles. The monoisotopic (exact) mass is 797 g/mol. The molecule has 0 radical (unpaired) electrons. The molecular weight excluding hydrogens is 756 g/mol. The van der Waals surface area contributed by atoms with E-state index >= 15 is 0 Å². The number of likely N-dealkylation sites (tertiary alicyclic amines) is 2. The predicted octanol–water partition coefficient (Wildman–Crippen LogP) is 7.55. The molecule has 1 aromatic carbocycles. The number of aromatic nitrogens is 1. The Labute approximate surface area is 317 Å². The normalized spacial score (nSPS) is 22.2. The number of hydrogen-bond acceptors (Lipinski definition) is 8. The molecule has 3 aromatic rings. The number of benzene rings is 1. The first-order valence-electron chi connectivity index (χ1n) is 18.1. The van der Waals surface area contributed by atoms with E-state index in [-0.39, 0.29) is 70.5 Å². The lowest BCUT2D eigenvalue weighted by Crippen LogP contribution is -2.68. The maximum absolute atomic E-state index is 14.9. The molecule has 0 bridgehead atoms. The molecule has 2 N–H and O–H groups in total. The van der Waals surface area contributed by atoms with Crippen molar-refractivity contribution < 1.29 is 60.4 Å². The Balaban J connectivity index is 1.30. The summed E-state index contributed by atoms with van der Waals surface area (Å²) in [6.45, 7) is 1.75. The number of carboxylic acids is 1. The summed E-state index contributed by atoms with van der Waals surface area (Å²) in [7, 11) is 0. The second-order valence-electron chi connectivity index (χ2n) is 14.6. The van der Waals surface area contributed by atoms with Crippen molar-refractivity contribution in [3.05, 3.63) is 75.7 Å². The van der Waals surface area contributed by atoms with Gasteiger partial charge in [0.2, 0.25) is 5.60 Å². The Morgan fingerprint density at radius 1 is 0.964 bits per heavy atom. The SMILES string of the molecule is CCCC1N(C(=O)c2ncccc2C(F)(F)F)CCCC1(Oc1csc(C(F)(F)F)c1)C(=O)N1CCC(O)(c2ccccc2OCC2(CC(=O)O)CC2)CC1. The summed E-state index contributed by atoms with van der Waals surface area (Å²) >= 11 is 0.361. The summed E-state index contributed by atoms with van der Waals surface area (Å²) < 4.78 is 95.6. The summed E-state index contributed by atoms with van der Waals surface area (Å²) in [6, 6.07) is 8.16. The molecule has 298 valence electrons. The minimum Gasteiger partial charge on any atom is -0.493 e. The van der Waals surface area contributed by atoms with E-state index in [1.54, 1.807) is 31.2 Å². The number of aliphatic hydroxyl groups is 1. The fourth-order valence-electron chi connectivity index (χ4n) is 7.77. The largest absolute Gasteiger partial charge is 0.493 e. The van der Waals surface area contributed by atoms with Gasteiger partial charge in [0.05, 0.1) is 30.2 Å². The molecule has 2 atom stereocenters. The quantitative estimate of drug-likeness (QED) is 0.180. The fraction of sp³-hybridized carbons (Fsp3) is 0.526. The molecule has 3 aliphatic rings. The maximum atomic E-state index is 14.9. The van der Waals surface area contributed by atoms with Gasteiger partial charge in [-0.2, -0.15) is 26.3 Å². The number of amides is 2. The number of ether oxygens (including phenoxy) is 2. The predicted molar refractivity (Wildman–Crippen MR) is 186 cm³/mol. The van der Waals surface area contributed by atoms with Gasteiger partial charge in [-0.05, 0) is 56.7 Å². The van der Waals surface area contributed by atoms with Gasteiger partial charge in [0.15, 0.2) is 0 Å². The molecule has 2 saturated heterocycles. The number of pyridine rings is 1. The smallest absolute Gasteiger partial charge is 0.425 e. The number of rotatable bonds is 12. The lowest BCUT2D eigenvalue weighted by Gasteiger charge is -2.51. The molecule has 17 heteroatoms. The summed E-state index contributed by atoms with van der Waals surface area (Å²) in [5, 5.41) is 22.4. The molecule has 2 aliphatic heterocycles. The van der Waals surface area contributed by atoms with Gasteiger partial charge in [0, 0.05) is 54.7 Å². The van der Waals surface area contributed by atoms with Gasteiger partial charge in [-0.25, -0.2) is 0 Å². The van der Waals surface area contributed by atoms with Gasteiger partial charge in [-0.15, -0.1) is 11.3 Å². The van der Waals surface area contributed by atoms with Gasteiger partial charge >= 0.3 is 18.3 Å². The van der Waals surface area contributed by atoms with Crippen molar-refractivity contribution in [2.24, 2.45) is 5.41 Å². The Kier molecular flexibility index (Phi) is 11.2. The molecule has 55 heavy (non-hydrogen) atoms. The molecule has 10 nitrogen and oxygen atoms in total. The third kappa shape index (κ3) is 8.42. The molecule has 1 aliphatic carbocycles. The second-order valence-corrected chi connectivity index (χ2v) is 15.5. The number of piperidine rings is 2. The first kappa shape index (κ1) is 40.3. The number of alkyl halides is 6. The van der Waals surface area contributed by atoms with Crippen LogP contribution < -0.4 is 9.47 Å². The van der Waals surface area contributed by atoms with E-state index in [1.165, 1.54) is 4.90 Å². The third-order valence-corrected chi connectivity index (χ3v) is 11.8. The number of aliphatic carboxylic acids is 1. The van der Waals surface area contributed by atoms with E-state index in [2.05, 4.69) is 4.98 Å². The fourth-order valence-corrected chi connectivity index (χ4v) is 8.45. The lowest BCUT2D eigenvalue weighted by atomic mass is 9.78. The molecule has 2 amide bonds. The Hall–Kier alpha value is -4.38. The van der Waals surface area contributed by atoms with Gasteiger partial charge in [-0.3, -0.25) is 19.4 Å². The molecule has 6 rings (SSSR count). The van der Waals surface area contributed by atoms with Crippen LogP contribution in [-0.2, 0) is 27.5 Å². The van der Waals surface area contributed by atoms with E-state index in [1.807, 2.05) is 0 Å². The van der Waals surface area contributed by atoms with Crippen LogP contribution in [0.5, 0.6) is 11.5 Å². The second kappa shape index (κ2) is 15.3. The highest BCUT2D eigenvalue weighted by molar-refractivity contribution is 7.10. The number of halogens is 6. The first-order valence-corrected chi connectivity index (χ1v) is 18.9. The van der Waals surface area contributed by atoms with Crippen molar-refractivity contribution in [2.45, 2.75) is 94.3 Å². The number of carboxylic acid groups (broad SMARTS) is 1. The van der Waals surface area contributed by atoms with Crippen molar-refractivity contribution in [1.82, 2.24) is 14.8 Å². The topological polar surface area (TPSA) is 130 Å². The standard InChI is InChI=1S/C38H41F6N3O7S/c1-2-7-28-36(54-24-20-29(55-22-24)38(42,43)44,11-6-17-47(28)32(50)31-26(37(39,40)41)9-5-16-45-31)33(51)46-18-14-35(52,15-19-46)25-8-3-4-10-27(25)53-23-34(12-13-34)21-30(48)49/h3-5,8-10,16,20,22,28,52H,2,6-7,11-15,17-19,21,23H2,1H3,(H,48,49). The minimum absolute atomic E-state index is 0.0100. The summed E-state index contributed by atoms with van der Waals surface area (Å²) in [6.07, 6.45) is -6.78. The van der Waals surface area contributed by atoms with Crippen molar-refractivity contribution >= 4 is 29.1 Å². The van der Waals surface area contributed by atoms with Crippen LogP contribution in [0.3, 0.4) is 0 Å². The van der Waals surface area contributed by atoms with Crippen molar-refractivity contribution in [2.75, 3.05) is 26.2 Å². The average Bonchev–Trinajstić information content (AvgIpc) is 3.72. The maximum Gasteiger partial charge on any atom is 0.425 e. The zero-order valence-electron chi connectivity index (χ0n) is 29.9. The molecule has 2 unspecified atom stereocenters. The average molecular weight is 798 g/mol. The van der Waals surface area contributed by atoms with Gasteiger partial charge in [0.1, 0.15) is 22.1 Å². The Morgan fingerprint density at radius 3 is 2.29 bits per heavy atom. The number of carbonyl (C=O) groups excluding carboxylic acids is 2. The molecule has 0 spiro atoms. The van der Waals surface area contributed by atoms with Crippen LogP contribution >= 0.6 is 11.3 Å². The summed E-state index contributed by atoms with van der Waals surface area (Å²) in [5.41, 5.74) is -5.64. The van der Waals surface area contributed by atoms with Gasteiger partial charge in [-0.1, -0.05) is 31.5 Å². The third-order valence-electron chi connectivity index (χ3n) is 10.8. The molecule has 3 fully saturated rings. The van der Waals surface area contributed by atoms with E-state index in [9.17, 15) is 50.9 Å². The van der Waals surface area contributed by atoms with E-state index in [0.29, 0.717) is 41.9 Å². The lowest BCUT2D eigenvalue weighted by molar-refractivity contribution is -0.163. The number of nitrogens with zero attached hydrogens (tertiary/aromatic N) is 3. The van der Waals surface area contributed by atoms with Gasteiger partial charge in [0.25, 0.3) is 11.8 Å². The van der Waals surface area contributed by atoms with E-state index in [4.69, 9.17) is 9.47 Å². The number of para-hydroxylation sites is 1. The highest BCUT2D eigenvalue weighted by Crippen LogP contribution is 2.50. The molecule has 2 aromatic heterocycles. The summed E-state index contributed by atoms with van der Waals surface area (Å²) in [5.74, 6) is -2.59. The van der Waals surface area contributed by atoms with Crippen LogP contribution in [0.1, 0.15) is 91.2 Å². The highest BCUT2D eigenvalue weighted by Gasteiger charge is 2.57. The van der Waals surface area contributed by atoms with Crippen LogP contribution in [-0.4, -0.2) is 80.7 Å². The zero-order chi connectivity index (χ0) is 39.8. The van der Waals surface area contributed by atoms with Crippen LogP contribution in [0.2, 0.25) is 0 Å². The van der Waals surface area contributed by atoms with Crippen molar-refractivity contribution in [3.8, 4) is 11.5 Å². The van der Waals surface area contributed by atoms with Crippen LogP contribution in [0.25, 0.3) is 0 Å². The van der Waals surface area contributed by atoms with E-state index in [0.717, 1.165) is 34.7 Å². The minimum atomic E-state index is -4.92. The number of thiophene rings is 1. The Bertz CT molecular complexity index is 1890. The number of carbonyl (C=O) groups is 3. The molecular formula is C38H41F6N3O7S. The van der Waals surface area contributed by atoms with Crippen LogP contribution in [0.15, 0.2) is 54.0 Å². The van der Waals surface area contributed by atoms with Crippen molar-refractivity contribution in [1.29, 1.82) is 0 Å². The molecule has 4 heterocycles. The van der Waals surface area contributed by atoms with Crippen molar-refractivity contribution in [3.63, 3.8) is 0 Å². The first-order chi connectivity index (χ1) is 25.9.